The monoisotopic (exact) mass is 278 g/mol. The zero-order valence-corrected chi connectivity index (χ0v) is 12.2. The largest absolute Gasteiger partial charge is 0.491 e. The second-order valence-electron chi connectivity index (χ2n) is 5.16. The summed E-state index contributed by atoms with van der Waals surface area (Å²) in [6, 6.07) is 6.71. The van der Waals surface area contributed by atoms with Crippen LogP contribution < -0.4 is 4.74 Å². The number of ether oxygens (including phenoxy) is 1. The van der Waals surface area contributed by atoms with Crippen LogP contribution in [0.25, 0.3) is 11.0 Å². The first-order valence-corrected chi connectivity index (χ1v) is 7.43. The molecule has 1 aromatic heterocycles. The number of imidazole rings is 1. The van der Waals surface area contributed by atoms with Crippen LogP contribution in [0.3, 0.4) is 0 Å². The number of hydrogen-bond acceptors (Lipinski definition) is 2. The fourth-order valence-corrected chi connectivity index (χ4v) is 2.59. The van der Waals surface area contributed by atoms with E-state index in [2.05, 4.69) is 17.6 Å². The summed E-state index contributed by atoms with van der Waals surface area (Å²) in [5.41, 5.74) is 2.10. The first kappa shape index (κ1) is 12.8. The molecule has 1 unspecified atom stereocenters. The van der Waals surface area contributed by atoms with E-state index in [1.807, 2.05) is 19.1 Å². The summed E-state index contributed by atoms with van der Waals surface area (Å²) in [6.45, 7) is 4.81. The minimum atomic E-state index is -0.0768. The number of para-hydroxylation sites is 1. The third-order valence-corrected chi connectivity index (χ3v) is 3.64. The first-order valence-electron chi connectivity index (χ1n) is 7.00. The van der Waals surface area contributed by atoms with Gasteiger partial charge in [-0.2, -0.15) is 0 Å². The fourth-order valence-electron chi connectivity index (χ4n) is 2.43. The SMILES string of the molecule is CCCOc1cccc2c1nc(C(C)Cl)n2C1CC1. The molecule has 0 amide bonds. The molecule has 1 aliphatic rings. The highest BCUT2D eigenvalue weighted by Crippen LogP contribution is 2.42. The molecule has 1 aliphatic carbocycles. The summed E-state index contributed by atoms with van der Waals surface area (Å²) < 4.78 is 8.10. The minimum absolute atomic E-state index is 0.0768. The van der Waals surface area contributed by atoms with Gasteiger partial charge in [0, 0.05) is 6.04 Å². The number of hydrogen-bond donors (Lipinski definition) is 0. The number of halogens is 1. The third kappa shape index (κ3) is 2.32. The molecule has 0 aliphatic heterocycles. The topological polar surface area (TPSA) is 27.1 Å². The van der Waals surface area contributed by atoms with Crippen molar-refractivity contribution in [3.8, 4) is 5.75 Å². The molecule has 1 heterocycles. The normalized spacial score (nSPS) is 16.8. The van der Waals surface area contributed by atoms with E-state index in [4.69, 9.17) is 21.3 Å². The Kier molecular flexibility index (Phi) is 3.40. The molecule has 0 N–H and O–H groups in total. The van der Waals surface area contributed by atoms with Crippen LogP contribution in [0.15, 0.2) is 18.2 Å². The van der Waals surface area contributed by atoms with Gasteiger partial charge < -0.3 is 9.30 Å². The molecule has 0 bridgehead atoms. The second kappa shape index (κ2) is 5.04. The second-order valence-corrected chi connectivity index (χ2v) is 5.81. The maximum atomic E-state index is 6.28. The summed E-state index contributed by atoms with van der Waals surface area (Å²) in [4.78, 5) is 4.73. The molecule has 3 rings (SSSR count). The van der Waals surface area contributed by atoms with E-state index in [0.29, 0.717) is 6.04 Å². The molecule has 19 heavy (non-hydrogen) atoms. The number of fused-ring (bicyclic) bond motifs is 1. The van der Waals surface area contributed by atoms with E-state index in [9.17, 15) is 0 Å². The fraction of sp³-hybridized carbons (Fsp3) is 0.533. The van der Waals surface area contributed by atoms with Crippen LogP contribution in [-0.2, 0) is 0 Å². The molecule has 3 nitrogen and oxygen atoms in total. The van der Waals surface area contributed by atoms with E-state index < -0.39 is 0 Å². The van der Waals surface area contributed by atoms with Gasteiger partial charge in [-0.1, -0.05) is 13.0 Å². The van der Waals surface area contributed by atoms with Crippen LogP contribution in [0.4, 0.5) is 0 Å². The van der Waals surface area contributed by atoms with Crippen LogP contribution in [-0.4, -0.2) is 16.2 Å². The van der Waals surface area contributed by atoms with Crippen molar-refractivity contribution in [2.75, 3.05) is 6.61 Å². The Labute approximate surface area is 118 Å². The van der Waals surface area contributed by atoms with Gasteiger partial charge in [-0.15, -0.1) is 11.6 Å². The molecular weight excluding hydrogens is 260 g/mol. The maximum absolute atomic E-state index is 6.28. The van der Waals surface area contributed by atoms with Gasteiger partial charge in [-0.05, 0) is 38.3 Å². The lowest BCUT2D eigenvalue weighted by Crippen LogP contribution is -2.01. The average molecular weight is 279 g/mol. The number of benzene rings is 1. The molecule has 0 radical (unpaired) electrons. The lowest BCUT2D eigenvalue weighted by Gasteiger charge is -2.09. The Morgan fingerprint density at radius 1 is 1.47 bits per heavy atom. The Balaban J connectivity index is 2.13. The zero-order valence-electron chi connectivity index (χ0n) is 11.4. The molecule has 1 atom stereocenters. The van der Waals surface area contributed by atoms with Gasteiger partial charge in [0.15, 0.2) is 0 Å². The van der Waals surface area contributed by atoms with Gasteiger partial charge in [0.2, 0.25) is 0 Å². The Hall–Kier alpha value is -1.22. The van der Waals surface area contributed by atoms with Crippen molar-refractivity contribution in [1.29, 1.82) is 0 Å². The van der Waals surface area contributed by atoms with Crippen LogP contribution in [0.5, 0.6) is 5.75 Å². The van der Waals surface area contributed by atoms with E-state index in [1.54, 1.807) is 0 Å². The maximum Gasteiger partial charge on any atom is 0.147 e. The van der Waals surface area contributed by atoms with Crippen LogP contribution in [0.2, 0.25) is 0 Å². The smallest absolute Gasteiger partial charge is 0.147 e. The number of nitrogens with zero attached hydrogens (tertiary/aromatic N) is 2. The van der Waals surface area contributed by atoms with E-state index in [1.165, 1.54) is 12.8 Å². The number of rotatable bonds is 5. The van der Waals surface area contributed by atoms with Crippen molar-refractivity contribution in [3.05, 3.63) is 24.0 Å². The average Bonchev–Trinajstić information content (AvgIpc) is 3.15. The van der Waals surface area contributed by atoms with Crippen molar-refractivity contribution in [1.82, 2.24) is 9.55 Å². The first-order chi connectivity index (χ1) is 9.22. The molecule has 102 valence electrons. The molecule has 2 aromatic rings. The molecule has 0 spiro atoms. The highest BCUT2D eigenvalue weighted by molar-refractivity contribution is 6.20. The van der Waals surface area contributed by atoms with E-state index in [0.717, 1.165) is 35.6 Å². The predicted octanol–water partition coefficient (Wildman–Crippen LogP) is 4.46. The van der Waals surface area contributed by atoms with Crippen LogP contribution in [0, 0.1) is 0 Å². The third-order valence-electron chi connectivity index (χ3n) is 3.44. The van der Waals surface area contributed by atoms with Gasteiger partial charge in [-0.25, -0.2) is 4.98 Å². The van der Waals surface area contributed by atoms with Crippen molar-refractivity contribution < 1.29 is 4.74 Å². The zero-order chi connectivity index (χ0) is 13.4. The summed E-state index contributed by atoms with van der Waals surface area (Å²) in [5, 5.41) is -0.0768. The highest BCUT2D eigenvalue weighted by Gasteiger charge is 2.30. The lowest BCUT2D eigenvalue weighted by atomic mass is 10.3. The van der Waals surface area contributed by atoms with E-state index >= 15 is 0 Å². The lowest BCUT2D eigenvalue weighted by molar-refractivity contribution is 0.320. The van der Waals surface area contributed by atoms with Crippen molar-refractivity contribution >= 4 is 22.6 Å². The van der Waals surface area contributed by atoms with Gasteiger partial charge in [0.05, 0.1) is 17.5 Å². The van der Waals surface area contributed by atoms with Crippen molar-refractivity contribution in [2.24, 2.45) is 0 Å². The van der Waals surface area contributed by atoms with Crippen molar-refractivity contribution in [2.45, 2.75) is 44.5 Å². The van der Waals surface area contributed by atoms with Crippen LogP contribution in [0.1, 0.15) is 50.4 Å². The Morgan fingerprint density at radius 3 is 2.89 bits per heavy atom. The molecule has 1 aromatic carbocycles. The molecule has 1 saturated carbocycles. The van der Waals surface area contributed by atoms with Crippen molar-refractivity contribution in [3.63, 3.8) is 0 Å². The molecule has 4 heteroatoms. The highest BCUT2D eigenvalue weighted by atomic mass is 35.5. The summed E-state index contributed by atoms with van der Waals surface area (Å²) in [6.07, 6.45) is 3.45. The minimum Gasteiger partial charge on any atom is -0.491 e. The van der Waals surface area contributed by atoms with Gasteiger partial charge >= 0.3 is 0 Å². The van der Waals surface area contributed by atoms with E-state index in [-0.39, 0.29) is 5.38 Å². The predicted molar refractivity (Wildman–Crippen MR) is 78.1 cm³/mol. The van der Waals surface area contributed by atoms with Crippen LogP contribution >= 0.6 is 11.6 Å². The number of aromatic nitrogens is 2. The molecule has 0 saturated heterocycles. The Bertz CT molecular complexity index is 587. The summed E-state index contributed by atoms with van der Waals surface area (Å²) in [7, 11) is 0. The van der Waals surface area contributed by atoms with Gasteiger partial charge in [0.25, 0.3) is 0 Å². The summed E-state index contributed by atoms with van der Waals surface area (Å²) >= 11 is 6.28. The molecule has 1 fully saturated rings. The Morgan fingerprint density at radius 2 is 2.26 bits per heavy atom. The number of alkyl halides is 1. The standard InChI is InChI=1S/C15H19ClN2O/c1-3-9-19-13-6-4-5-12-14(13)17-15(10(2)16)18(12)11-7-8-11/h4-6,10-11H,3,7-9H2,1-2H3. The summed E-state index contributed by atoms with van der Waals surface area (Å²) in [5.74, 6) is 1.84. The molecular formula is C15H19ClN2O. The quantitative estimate of drug-likeness (QED) is 0.755. The van der Waals surface area contributed by atoms with Gasteiger partial charge in [-0.3, -0.25) is 0 Å². The van der Waals surface area contributed by atoms with Gasteiger partial charge in [0.1, 0.15) is 17.1 Å².